The van der Waals surface area contributed by atoms with Gasteiger partial charge in [-0.2, -0.15) is 0 Å². The number of nitrogens with zero attached hydrogens (tertiary/aromatic N) is 3. The number of hydrogen-bond donors (Lipinski definition) is 1. The number of phenolic OH excluding ortho intramolecular Hbond substituents is 1. The Balaban J connectivity index is 0.00000401. The number of rotatable bonds is 4. The molecule has 0 radical (unpaired) electrons. The molecule has 0 aliphatic heterocycles. The summed E-state index contributed by atoms with van der Waals surface area (Å²) in [5, 5.41) is 12.4. The molecule has 7 rings (SSSR count). The Kier molecular flexibility index (Phi) is 8.68. The Bertz CT molecular complexity index is 2290. The molecule has 5 aromatic carbocycles. The predicted octanol–water partition coefficient (Wildman–Crippen LogP) is 11.0. The van der Waals surface area contributed by atoms with Crippen molar-refractivity contribution in [1.82, 2.24) is 14.5 Å². The van der Waals surface area contributed by atoms with Crippen molar-refractivity contribution in [3.63, 3.8) is 0 Å². The molecule has 0 amide bonds. The van der Waals surface area contributed by atoms with Gasteiger partial charge in [-0.3, -0.25) is 9.55 Å². The van der Waals surface area contributed by atoms with Gasteiger partial charge in [-0.05, 0) is 70.7 Å². The average Bonchev–Trinajstić information content (AvgIpc) is 3.42. The third kappa shape index (κ3) is 6.11. The van der Waals surface area contributed by atoms with E-state index < -0.39 is 0 Å². The first-order valence-electron chi connectivity index (χ1n) is 16.2. The van der Waals surface area contributed by atoms with Gasteiger partial charge in [0.1, 0.15) is 11.6 Å². The summed E-state index contributed by atoms with van der Waals surface area (Å²) in [4.78, 5) is 10.1. The van der Waals surface area contributed by atoms with Crippen molar-refractivity contribution < 1.29 is 26.2 Å². The molecule has 4 nitrogen and oxygen atoms in total. The van der Waals surface area contributed by atoms with Crippen LogP contribution in [0.4, 0.5) is 0 Å². The second-order valence-corrected chi connectivity index (χ2v) is 14.6. The molecule has 7 aromatic rings. The first-order valence-corrected chi connectivity index (χ1v) is 16.2. The Morgan fingerprint density at radius 2 is 1.31 bits per heavy atom. The minimum Gasteiger partial charge on any atom is -0.507 e. The van der Waals surface area contributed by atoms with Gasteiger partial charge in [0, 0.05) is 38.5 Å². The van der Waals surface area contributed by atoms with Crippen LogP contribution >= 0.6 is 0 Å². The molecule has 0 fully saturated rings. The molecular formula is C43H40N3OPt-. The fourth-order valence-corrected chi connectivity index (χ4v) is 6.34. The number of aromatic nitrogens is 3. The van der Waals surface area contributed by atoms with E-state index in [4.69, 9.17) is 9.97 Å². The smallest absolute Gasteiger partial charge is 0.148 e. The third-order valence-corrected chi connectivity index (χ3v) is 8.97. The van der Waals surface area contributed by atoms with Gasteiger partial charge in [0.2, 0.25) is 0 Å². The number of imidazole rings is 1. The fourth-order valence-electron chi connectivity index (χ4n) is 6.34. The molecule has 0 aliphatic rings. The summed E-state index contributed by atoms with van der Waals surface area (Å²) in [6.45, 7) is 15.4. The predicted molar refractivity (Wildman–Crippen MR) is 195 cm³/mol. The van der Waals surface area contributed by atoms with E-state index in [-0.39, 0.29) is 37.6 Å². The second-order valence-electron chi connectivity index (χ2n) is 14.6. The summed E-state index contributed by atoms with van der Waals surface area (Å²) in [5.74, 6) is 0.904. The summed E-state index contributed by atoms with van der Waals surface area (Å²) in [7, 11) is 0. The van der Waals surface area contributed by atoms with E-state index >= 15 is 0 Å². The summed E-state index contributed by atoms with van der Waals surface area (Å²) in [6.07, 6.45) is 1.86. The summed E-state index contributed by atoms with van der Waals surface area (Å²) in [6, 6.07) is 39.3. The molecule has 5 heteroatoms. The zero-order chi connectivity index (χ0) is 33.1. The molecule has 0 unspecified atom stereocenters. The van der Waals surface area contributed by atoms with Crippen LogP contribution in [0.2, 0.25) is 0 Å². The van der Waals surface area contributed by atoms with Gasteiger partial charge in [0.05, 0.1) is 16.6 Å². The molecular weight excluding hydrogens is 770 g/mol. The maximum atomic E-state index is 11.3. The van der Waals surface area contributed by atoms with Crippen LogP contribution in [0.25, 0.3) is 61.3 Å². The largest absolute Gasteiger partial charge is 0.507 e. The van der Waals surface area contributed by atoms with Crippen molar-refractivity contribution in [2.75, 3.05) is 0 Å². The Morgan fingerprint density at radius 1 is 0.646 bits per heavy atom. The van der Waals surface area contributed by atoms with E-state index in [1.54, 1.807) is 6.07 Å². The maximum Gasteiger partial charge on any atom is 0.148 e. The first-order chi connectivity index (χ1) is 22.4. The second kappa shape index (κ2) is 12.5. The molecule has 1 N–H and O–H groups in total. The summed E-state index contributed by atoms with van der Waals surface area (Å²) >= 11 is 0. The van der Waals surface area contributed by atoms with Gasteiger partial charge in [-0.15, -0.1) is 35.4 Å². The molecule has 0 saturated carbocycles. The third-order valence-electron chi connectivity index (χ3n) is 8.97. The molecule has 2 aromatic heterocycles. The number of para-hydroxylation sites is 1. The average molecular weight is 810 g/mol. The Morgan fingerprint density at radius 3 is 2.00 bits per heavy atom. The number of hydrogen-bond acceptors (Lipinski definition) is 3. The number of benzene rings is 5. The van der Waals surface area contributed by atoms with Gasteiger partial charge in [-0.25, -0.2) is 4.98 Å². The van der Waals surface area contributed by atoms with E-state index in [0.717, 1.165) is 61.0 Å². The van der Waals surface area contributed by atoms with Crippen molar-refractivity contribution in [1.29, 1.82) is 0 Å². The Labute approximate surface area is 297 Å². The van der Waals surface area contributed by atoms with Crippen molar-refractivity contribution in [2.45, 2.75) is 59.3 Å². The number of fused-ring (bicyclic) bond motifs is 2. The van der Waals surface area contributed by atoms with Crippen LogP contribution in [0.3, 0.4) is 0 Å². The number of aryl methyl sites for hydroxylation is 1. The monoisotopic (exact) mass is 809 g/mol. The molecule has 0 spiro atoms. The molecule has 0 atom stereocenters. The van der Waals surface area contributed by atoms with Crippen molar-refractivity contribution in [2.24, 2.45) is 0 Å². The van der Waals surface area contributed by atoms with E-state index in [9.17, 15) is 5.11 Å². The number of pyridine rings is 1. The van der Waals surface area contributed by atoms with Crippen LogP contribution in [0.15, 0.2) is 109 Å². The van der Waals surface area contributed by atoms with Crippen molar-refractivity contribution in [3.05, 3.63) is 132 Å². The van der Waals surface area contributed by atoms with Crippen LogP contribution in [-0.4, -0.2) is 19.6 Å². The van der Waals surface area contributed by atoms with E-state index in [1.165, 1.54) is 5.56 Å². The molecule has 0 saturated heterocycles. The number of aromatic hydroxyl groups is 1. The van der Waals surface area contributed by atoms with Gasteiger partial charge in [0.25, 0.3) is 0 Å². The van der Waals surface area contributed by atoms with Crippen LogP contribution in [0.1, 0.15) is 58.2 Å². The van der Waals surface area contributed by atoms with E-state index in [2.05, 4.69) is 126 Å². The van der Waals surface area contributed by atoms with Gasteiger partial charge in [-0.1, -0.05) is 107 Å². The number of phenols is 1. The normalized spacial score (nSPS) is 12.0. The summed E-state index contributed by atoms with van der Waals surface area (Å²) < 4.78 is 2.17. The molecule has 48 heavy (non-hydrogen) atoms. The minimum atomic E-state index is -0.0908. The van der Waals surface area contributed by atoms with Crippen molar-refractivity contribution in [3.8, 4) is 45.1 Å². The van der Waals surface area contributed by atoms with Gasteiger partial charge < -0.3 is 5.11 Å². The maximum absolute atomic E-state index is 11.3. The van der Waals surface area contributed by atoms with E-state index in [0.29, 0.717) is 11.4 Å². The van der Waals surface area contributed by atoms with Gasteiger partial charge in [0.15, 0.2) is 0 Å². The van der Waals surface area contributed by atoms with Crippen LogP contribution in [-0.2, 0) is 31.9 Å². The SMILES string of the molecule is Cc1cc(-c2[c-]c(-c3cc(C(C)(C)C)cc4cccnc34)ccc2)c2nc(-c3cc(C(C)(C)C)ccc3O)n(-c3ccccc3)c2c1.[Pt]. The Hall–Kier alpha value is -4.53. The summed E-state index contributed by atoms with van der Waals surface area (Å²) in [5.41, 5.74) is 11.9. The molecule has 244 valence electrons. The first kappa shape index (κ1) is 33.4. The molecule has 0 bridgehead atoms. The minimum absolute atomic E-state index is 0. The van der Waals surface area contributed by atoms with Crippen LogP contribution in [0.5, 0.6) is 5.75 Å². The molecule has 2 heterocycles. The van der Waals surface area contributed by atoms with Crippen LogP contribution < -0.4 is 0 Å². The van der Waals surface area contributed by atoms with Crippen molar-refractivity contribution >= 4 is 21.9 Å². The van der Waals surface area contributed by atoms with Crippen LogP contribution in [0, 0.1) is 13.0 Å². The van der Waals surface area contributed by atoms with Gasteiger partial charge >= 0.3 is 0 Å². The fraction of sp³-hybridized carbons (Fsp3) is 0.209. The van der Waals surface area contributed by atoms with E-state index in [1.807, 2.05) is 36.5 Å². The zero-order valence-electron chi connectivity index (χ0n) is 28.5. The zero-order valence-corrected chi connectivity index (χ0v) is 30.8. The quantitative estimate of drug-likeness (QED) is 0.180. The standard InChI is InChI=1S/C43H40N3O.Pt/c1-27-21-34(28-13-11-14-29(23-28)35-26-32(43(5,6)7)24-30-15-12-20-44-39(30)35)40-37(22-27)46(33-16-9-8-10-17-33)41(45-40)36-25-31(42(2,3)4)18-19-38(36)47;/h8-22,24-26,47H,1-7H3;/q-1;. The molecule has 0 aliphatic carbocycles. The topological polar surface area (TPSA) is 50.9 Å².